The van der Waals surface area contributed by atoms with Crippen molar-refractivity contribution >= 4 is 88.0 Å². The first-order valence-electron chi connectivity index (χ1n) is 30.1. The highest BCUT2D eigenvalue weighted by atomic mass is 28.6. The van der Waals surface area contributed by atoms with Gasteiger partial charge >= 0.3 is 88.0 Å². The summed E-state index contributed by atoms with van der Waals surface area (Å²) in [6.07, 6.45) is 4.01. The largest absolute Gasteiger partial charge is 0.486 e. The third-order valence-corrected chi connectivity index (χ3v) is 57.8. The van der Waals surface area contributed by atoms with Crippen LogP contribution in [-0.4, -0.2) is 220 Å². The Kier molecular flexibility index (Phi) is 23.1. The molecule has 9 saturated heterocycles. The Labute approximate surface area is 492 Å². The van der Waals surface area contributed by atoms with Gasteiger partial charge in [-0.2, -0.15) is 0 Å². The number of fused-ring (bicyclic) bond motifs is 6. The molecule has 474 valence electrons. The predicted octanol–water partition coefficient (Wildman–Crippen LogP) is 4.29. The summed E-state index contributed by atoms with van der Waals surface area (Å²) in [5.41, 5.74) is 0. The quantitative estimate of drug-likeness (QED) is 0.0439. The van der Waals surface area contributed by atoms with Gasteiger partial charge in [-0.3, -0.25) is 0 Å². The lowest BCUT2D eigenvalue weighted by Gasteiger charge is -2.58. The highest BCUT2D eigenvalue weighted by molar-refractivity contribution is 7.00. The van der Waals surface area contributed by atoms with E-state index in [9.17, 15) is 14.4 Å². The fraction of sp³-hybridized carbons (Fsp3) is 1.00. The van der Waals surface area contributed by atoms with E-state index in [0.29, 0.717) is 91.0 Å². The summed E-state index contributed by atoms with van der Waals surface area (Å²) < 4.78 is 168. The Morgan fingerprint density at radius 3 is 0.878 bits per heavy atom. The summed E-state index contributed by atoms with van der Waals surface area (Å²) in [5, 5.41) is 0. The molecule has 0 amide bonds. The molecule has 10 fully saturated rings. The summed E-state index contributed by atoms with van der Waals surface area (Å²) in [6.45, 7) is 11.7. The van der Waals surface area contributed by atoms with Gasteiger partial charge in [0, 0.05) is 107 Å². The van der Waals surface area contributed by atoms with Crippen LogP contribution in [0.25, 0.3) is 0 Å². The average molecular weight is 1350 g/mol. The van der Waals surface area contributed by atoms with Crippen LogP contribution < -0.4 is 0 Å². The molecule has 38 heteroatoms. The number of hydrogen-bond acceptors (Lipinski definition) is 28. The van der Waals surface area contributed by atoms with Crippen LogP contribution in [0.4, 0.5) is 0 Å². The van der Waals surface area contributed by atoms with Gasteiger partial charge in [-0.05, 0) is 51.4 Å². The Hall–Kier alpha value is 1.05. The average Bonchev–Trinajstić information content (AvgIpc) is 3.45. The summed E-state index contributed by atoms with van der Waals surface area (Å²) in [6, 6.07) is 0.651. The zero-order valence-electron chi connectivity index (χ0n) is 48.3. The highest BCUT2D eigenvalue weighted by Crippen LogP contribution is 2.51. The monoisotopic (exact) mass is 1350 g/mol. The van der Waals surface area contributed by atoms with Crippen molar-refractivity contribution in [3.8, 4) is 0 Å². The first-order valence-corrected chi connectivity index (χ1v) is 49.5. The van der Waals surface area contributed by atoms with Crippen molar-refractivity contribution in [3.63, 3.8) is 0 Å². The normalized spacial score (nSPS) is 43.1. The molecule has 6 bridgehead atoms. The maximum atomic E-state index is 13.4. The van der Waals surface area contributed by atoms with Gasteiger partial charge in [0.05, 0.1) is 6.10 Å². The van der Waals surface area contributed by atoms with E-state index in [4.69, 9.17) is 110 Å². The van der Waals surface area contributed by atoms with E-state index >= 15 is 0 Å². The molecule has 3 N–H and O–H groups in total. The molecule has 1 aliphatic carbocycles. The van der Waals surface area contributed by atoms with Crippen LogP contribution in [0.5, 0.6) is 0 Å². The van der Waals surface area contributed by atoms with Crippen molar-refractivity contribution < 1.29 is 124 Å². The van der Waals surface area contributed by atoms with E-state index in [1.807, 2.05) is 27.7 Å². The van der Waals surface area contributed by atoms with Crippen LogP contribution >= 0.6 is 0 Å². The van der Waals surface area contributed by atoms with Gasteiger partial charge in [0.25, 0.3) is 0 Å². The second-order valence-electron chi connectivity index (χ2n) is 22.3. The van der Waals surface area contributed by atoms with E-state index < -0.39 is 88.0 Å². The summed E-state index contributed by atoms with van der Waals surface area (Å²) in [4.78, 5) is 39.9. The molecule has 15 atom stereocenters. The fourth-order valence-corrected chi connectivity index (χ4v) is 64.6. The van der Waals surface area contributed by atoms with Crippen molar-refractivity contribution in [2.75, 3.05) is 79.8 Å². The van der Waals surface area contributed by atoms with Gasteiger partial charge in [0.2, 0.25) is 0 Å². The minimum Gasteiger partial charge on any atom is -0.391 e. The van der Waals surface area contributed by atoms with Crippen LogP contribution in [0.3, 0.4) is 0 Å². The van der Waals surface area contributed by atoms with Gasteiger partial charge in [-0.15, -0.1) is 0 Å². The first kappa shape index (κ1) is 66.0. The minimum atomic E-state index is -4.72. The number of hydrogen-bond donors (Lipinski definition) is 3. The molecular weight excluding hydrogens is 1260 g/mol. The Bertz CT molecular complexity index is 2020. The molecule has 0 aromatic carbocycles. The molecule has 0 aromatic heterocycles. The van der Waals surface area contributed by atoms with Crippen molar-refractivity contribution in [3.05, 3.63) is 0 Å². The van der Waals surface area contributed by atoms with Gasteiger partial charge in [0.15, 0.2) is 31.5 Å². The predicted molar refractivity (Wildman–Crippen MR) is 300 cm³/mol. The number of rotatable bonds is 39. The summed E-state index contributed by atoms with van der Waals surface area (Å²) in [5.74, 6) is 0. The van der Waals surface area contributed by atoms with Crippen molar-refractivity contribution in [2.24, 2.45) is 0 Å². The maximum Gasteiger partial charge on any atom is 0.486 e. The minimum absolute atomic E-state index is 0.00306. The summed E-state index contributed by atoms with van der Waals surface area (Å²) >= 11 is 0. The Morgan fingerprint density at radius 1 is 0.317 bits per heavy atom. The zero-order valence-corrected chi connectivity index (χ0v) is 58.3. The molecule has 15 unspecified atom stereocenters. The lowest BCUT2D eigenvalue weighted by atomic mass is 10.5. The van der Waals surface area contributed by atoms with Crippen LogP contribution in [0.2, 0.25) is 60.4 Å². The van der Waals surface area contributed by atoms with Gasteiger partial charge < -0.3 is 124 Å². The Balaban J connectivity index is 1.12. The van der Waals surface area contributed by atoms with E-state index in [-0.39, 0.29) is 144 Å². The Morgan fingerprint density at radius 2 is 0.585 bits per heavy atom. The molecule has 9 heterocycles. The van der Waals surface area contributed by atoms with Crippen molar-refractivity contribution in [1.82, 2.24) is 0 Å². The molecule has 0 aromatic rings. The molecule has 0 spiro atoms. The topological polar surface area (TPSA) is 308 Å². The highest BCUT2D eigenvalue weighted by Gasteiger charge is 2.79. The molecule has 10 rings (SSSR count). The third kappa shape index (κ3) is 19.3. The van der Waals surface area contributed by atoms with Crippen molar-refractivity contribution in [2.45, 2.75) is 203 Å². The third-order valence-electron chi connectivity index (χ3n) is 14.3. The van der Waals surface area contributed by atoms with E-state index in [2.05, 4.69) is 0 Å². The zero-order chi connectivity index (χ0) is 57.5. The van der Waals surface area contributed by atoms with Crippen LogP contribution in [0, 0.1) is 0 Å². The number of ether oxygens (including phenoxy) is 11. The second kappa shape index (κ2) is 28.7. The second-order valence-corrected chi connectivity index (χ2v) is 52.2. The SMILES string of the molecule is CCC[Si]12O[Si](O)(CCCOC3CC3)O[Si](O)(CCCOC3CO3)O[Si](CCC)(O1)O[Si]1(CCCOC3CO3)O[Si]3(CCC)O[Si](CCCOC4CO4)(OC)O[Si](O)(CCCOC4CO4)O[Si](CCC)(O3)O[Si](CCCOC3CO3)(O2)O1. The molecule has 0 radical (unpaired) electrons. The lowest BCUT2D eigenvalue weighted by Crippen LogP contribution is -2.83. The van der Waals surface area contributed by atoms with E-state index in [1.165, 1.54) is 7.11 Å². The van der Waals surface area contributed by atoms with E-state index in [1.54, 1.807) is 0 Å². The summed E-state index contributed by atoms with van der Waals surface area (Å²) in [7, 11) is -44.3. The van der Waals surface area contributed by atoms with Gasteiger partial charge in [-0.1, -0.05) is 53.4 Å². The van der Waals surface area contributed by atoms with Gasteiger partial charge in [-0.25, -0.2) is 0 Å². The molecule has 1 saturated carbocycles. The fourth-order valence-electron chi connectivity index (χ4n) is 10.3. The smallest absolute Gasteiger partial charge is 0.391 e. The number of epoxide rings is 5. The van der Waals surface area contributed by atoms with Crippen LogP contribution in [-0.2, 0) is 110 Å². The molecular formula is C44H90O28Si10. The molecule has 82 heavy (non-hydrogen) atoms. The van der Waals surface area contributed by atoms with Gasteiger partial charge in [0.1, 0.15) is 33.0 Å². The van der Waals surface area contributed by atoms with Crippen LogP contribution in [0.1, 0.15) is 105 Å². The standard InChI is InChI=1S/C44H90O28Si10/c1-6-24-77-62-73(45,28-10-18-49-39-16-17-39)60-74(46,29-11-19-50-40-34-55-40)63-78(66-77,25-7-2)69-82(33-15-23-54-44-38-59-44)71-80(27-9-4)65-76(48-5,31-13-21-52-42-36-57-42)61-75(47,30-12-20-51-41-35-56-41)64-79(67-80,26-8-3)70-81(68-77,72-82)32-14-22-53-43-37-58-43/h39-47H,6-38H2,1-5H3. The maximum absolute atomic E-state index is 13.4. The van der Waals surface area contributed by atoms with Crippen molar-refractivity contribution in [1.29, 1.82) is 0 Å². The first-order chi connectivity index (χ1) is 39.5. The molecule has 28 nitrogen and oxygen atoms in total. The lowest BCUT2D eigenvalue weighted by molar-refractivity contribution is -0.00557. The molecule has 9 aliphatic heterocycles. The van der Waals surface area contributed by atoms with Crippen LogP contribution in [0.15, 0.2) is 0 Å². The molecule has 10 aliphatic rings. The van der Waals surface area contributed by atoms with E-state index in [0.717, 1.165) is 12.8 Å².